The van der Waals surface area contributed by atoms with Gasteiger partial charge in [0.1, 0.15) is 0 Å². The summed E-state index contributed by atoms with van der Waals surface area (Å²) in [6, 6.07) is 0.886. The Labute approximate surface area is 101 Å². The van der Waals surface area contributed by atoms with E-state index in [0.29, 0.717) is 0 Å². The normalized spacial score (nSPS) is 26.8. The third-order valence-electron chi connectivity index (χ3n) is 4.16. The molecule has 0 aromatic carbocycles. The van der Waals surface area contributed by atoms with Crippen LogP contribution in [0.3, 0.4) is 0 Å². The summed E-state index contributed by atoms with van der Waals surface area (Å²) in [6.45, 7) is 10.0. The molecule has 16 heavy (non-hydrogen) atoms. The van der Waals surface area contributed by atoms with E-state index >= 15 is 0 Å². The Hall–Kier alpha value is -0.0800. The largest absolute Gasteiger partial charge is 0.314 e. The first kappa shape index (κ1) is 12.4. The molecule has 0 spiro atoms. The molecule has 1 saturated heterocycles. The molecule has 0 radical (unpaired) electrons. The van der Waals surface area contributed by atoms with Crippen molar-refractivity contribution < 1.29 is 0 Å². The van der Waals surface area contributed by atoms with E-state index in [1.165, 1.54) is 58.3 Å². The zero-order chi connectivity index (χ0) is 11.4. The van der Waals surface area contributed by atoms with E-state index in [1.54, 1.807) is 0 Å². The van der Waals surface area contributed by atoms with Gasteiger partial charge in [-0.3, -0.25) is 0 Å². The van der Waals surface area contributed by atoms with Gasteiger partial charge in [0.25, 0.3) is 0 Å². The van der Waals surface area contributed by atoms with Crippen molar-refractivity contribution in [3.05, 3.63) is 0 Å². The van der Waals surface area contributed by atoms with Crippen molar-refractivity contribution >= 4 is 0 Å². The molecule has 0 bridgehead atoms. The molecule has 1 aliphatic carbocycles. The summed E-state index contributed by atoms with van der Waals surface area (Å²) < 4.78 is 0. The maximum absolute atomic E-state index is 3.59. The van der Waals surface area contributed by atoms with E-state index < -0.39 is 0 Å². The first-order chi connectivity index (χ1) is 7.75. The SMILES string of the molecule is CC(C)C1CCN(CCCCNC2CC2)C1. The number of rotatable bonds is 7. The predicted octanol–water partition coefficient (Wildman–Crippen LogP) is 2.50. The molecule has 2 heteroatoms. The van der Waals surface area contributed by atoms with Crippen LogP contribution in [-0.4, -0.2) is 37.1 Å². The summed E-state index contributed by atoms with van der Waals surface area (Å²) in [4.78, 5) is 2.67. The highest BCUT2D eigenvalue weighted by molar-refractivity contribution is 4.81. The average molecular weight is 224 g/mol. The van der Waals surface area contributed by atoms with Crippen LogP contribution in [0.5, 0.6) is 0 Å². The molecule has 2 fully saturated rings. The predicted molar refractivity (Wildman–Crippen MR) is 69.6 cm³/mol. The quantitative estimate of drug-likeness (QED) is 0.668. The van der Waals surface area contributed by atoms with Gasteiger partial charge in [-0.15, -0.1) is 0 Å². The molecule has 2 nitrogen and oxygen atoms in total. The molecule has 1 atom stereocenters. The van der Waals surface area contributed by atoms with Crippen LogP contribution < -0.4 is 5.32 Å². The first-order valence-corrected chi connectivity index (χ1v) is 7.21. The zero-order valence-corrected chi connectivity index (χ0v) is 11.0. The highest BCUT2D eigenvalue weighted by atomic mass is 15.1. The summed E-state index contributed by atoms with van der Waals surface area (Å²) in [6.07, 6.45) is 7.01. The Bertz CT molecular complexity index is 199. The minimum atomic E-state index is 0.876. The number of hydrogen-bond donors (Lipinski definition) is 1. The van der Waals surface area contributed by atoms with Crippen LogP contribution in [-0.2, 0) is 0 Å². The number of hydrogen-bond acceptors (Lipinski definition) is 2. The fourth-order valence-corrected chi connectivity index (χ4v) is 2.66. The molecule has 0 amide bonds. The Morgan fingerprint density at radius 1 is 1.19 bits per heavy atom. The second-order valence-electron chi connectivity index (χ2n) is 6.03. The van der Waals surface area contributed by atoms with Crippen molar-refractivity contribution in [2.45, 2.75) is 52.0 Å². The second-order valence-corrected chi connectivity index (χ2v) is 6.03. The van der Waals surface area contributed by atoms with Crippen molar-refractivity contribution in [1.29, 1.82) is 0 Å². The second kappa shape index (κ2) is 6.02. The lowest BCUT2D eigenvalue weighted by Gasteiger charge is -2.17. The van der Waals surface area contributed by atoms with E-state index in [9.17, 15) is 0 Å². The van der Waals surface area contributed by atoms with Crippen LogP contribution >= 0.6 is 0 Å². The smallest absolute Gasteiger partial charge is 0.00682 e. The Morgan fingerprint density at radius 3 is 2.62 bits per heavy atom. The fraction of sp³-hybridized carbons (Fsp3) is 1.00. The molecule has 1 N–H and O–H groups in total. The van der Waals surface area contributed by atoms with Crippen molar-refractivity contribution in [3.63, 3.8) is 0 Å². The van der Waals surface area contributed by atoms with Crippen LogP contribution in [0.4, 0.5) is 0 Å². The highest BCUT2D eigenvalue weighted by Crippen LogP contribution is 2.23. The first-order valence-electron chi connectivity index (χ1n) is 7.21. The summed E-state index contributed by atoms with van der Waals surface area (Å²) in [5, 5.41) is 3.59. The van der Waals surface area contributed by atoms with E-state index in [0.717, 1.165) is 17.9 Å². The van der Waals surface area contributed by atoms with Gasteiger partial charge in [-0.2, -0.15) is 0 Å². The van der Waals surface area contributed by atoms with Gasteiger partial charge >= 0.3 is 0 Å². The maximum Gasteiger partial charge on any atom is 0.00682 e. The molecule has 1 heterocycles. The van der Waals surface area contributed by atoms with Gasteiger partial charge in [0.2, 0.25) is 0 Å². The lowest BCUT2D eigenvalue weighted by Crippen LogP contribution is -2.24. The number of nitrogens with one attached hydrogen (secondary N) is 1. The molecule has 94 valence electrons. The monoisotopic (exact) mass is 224 g/mol. The van der Waals surface area contributed by atoms with Gasteiger partial charge in [0.15, 0.2) is 0 Å². The summed E-state index contributed by atoms with van der Waals surface area (Å²) >= 11 is 0. The number of nitrogens with zero attached hydrogens (tertiary/aromatic N) is 1. The number of likely N-dealkylation sites (tertiary alicyclic amines) is 1. The Balaban J connectivity index is 1.47. The molecule has 1 unspecified atom stereocenters. The van der Waals surface area contributed by atoms with Crippen molar-refractivity contribution in [1.82, 2.24) is 10.2 Å². The third kappa shape index (κ3) is 4.06. The molecule has 2 aliphatic rings. The Morgan fingerprint density at radius 2 is 2.00 bits per heavy atom. The molecule has 0 aromatic heterocycles. The van der Waals surface area contributed by atoms with Crippen LogP contribution in [0.15, 0.2) is 0 Å². The van der Waals surface area contributed by atoms with Crippen LogP contribution in [0.2, 0.25) is 0 Å². The summed E-state index contributed by atoms with van der Waals surface area (Å²) in [7, 11) is 0. The lowest BCUT2D eigenvalue weighted by atomic mass is 9.95. The van der Waals surface area contributed by atoms with Crippen LogP contribution in [0.25, 0.3) is 0 Å². The minimum Gasteiger partial charge on any atom is -0.314 e. The van der Waals surface area contributed by atoms with Gasteiger partial charge < -0.3 is 10.2 Å². The van der Waals surface area contributed by atoms with Gasteiger partial charge in [0, 0.05) is 12.6 Å². The summed E-state index contributed by atoms with van der Waals surface area (Å²) in [5.41, 5.74) is 0. The van der Waals surface area contributed by atoms with E-state index in [-0.39, 0.29) is 0 Å². The molecule has 1 saturated carbocycles. The van der Waals surface area contributed by atoms with Gasteiger partial charge in [0.05, 0.1) is 0 Å². The topological polar surface area (TPSA) is 15.3 Å². The molecule has 2 rings (SSSR count). The van der Waals surface area contributed by atoms with E-state index in [2.05, 4.69) is 24.1 Å². The van der Waals surface area contributed by atoms with Crippen molar-refractivity contribution in [2.24, 2.45) is 11.8 Å². The third-order valence-corrected chi connectivity index (χ3v) is 4.16. The minimum absolute atomic E-state index is 0.876. The molecule has 0 aromatic rings. The van der Waals surface area contributed by atoms with Gasteiger partial charge in [-0.05, 0) is 63.6 Å². The van der Waals surface area contributed by atoms with Gasteiger partial charge in [-0.25, -0.2) is 0 Å². The highest BCUT2D eigenvalue weighted by Gasteiger charge is 2.24. The Kier molecular flexibility index (Phi) is 4.66. The summed E-state index contributed by atoms with van der Waals surface area (Å²) in [5.74, 6) is 1.84. The molecule has 1 aliphatic heterocycles. The number of unbranched alkanes of at least 4 members (excludes halogenated alkanes) is 1. The molecular formula is C14H28N2. The van der Waals surface area contributed by atoms with Crippen LogP contribution in [0.1, 0.15) is 46.0 Å². The van der Waals surface area contributed by atoms with Crippen molar-refractivity contribution in [2.75, 3.05) is 26.2 Å². The van der Waals surface area contributed by atoms with E-state index in [1.807, 2.05) is 0 Å². The standard InChI is InChI=1S/C14H28N2/c1-12(2)13-7-10-16(11-13)9-4-3-8-15-14-5-6-14/h12-15H,3-11H2,1-2H3. The lowest BCUT2D eigenvalue weighted by molar-refractivity contribution is 0.297. The van der Waals surface area contributed by atoms with Crippen molar-refractivity contribution in [3.8, 4) is 0 Å². The van der Waals surface area contributed by atoms with E-state index in [4.69, 9.17) is 0 Å². The average Bonchev–Trinajstić information content (AvgIpc) is 2.94. The van der Waals surface area contributed by atoms with Gasteiger partial charge in [-0.1, -0.05) is 13.8 Å². The molecular weight excluding hydrogens is 196 g/mol. The maximum atomic E-state index is 3.59. The van der Waals surface area contributed by atoms with Crippen LogP contribution in [0, 0.1) is 11.8 Å². The fourth-order valence-electron chi connectivity index (χ4n) is 2.66. The zero-order valence-electron chi connectivity index (χ0n) is 11.0.